The normalized spacial score (nSPS) is 15.2. The fraction of sp³-hybridized carbons (Fsp3) is 0.200. The Bertz CT molecular complexity index is 514. The highest BCUT2D eigenvalue weighted by molar-refractivity contribution is 5.77. The van der Waals surface area contributed by atoms with Crippen molar-refractivity contribution in [1.29, 1.82) is 0 Å². The zero-order valence-corrected chi connectivity index (χ0v) is 9.89. The van der Waals surface area contributed by atoms with Gasteiger partial charge in [-0.25, -0.2) is 0 Å². The standard InChI is InChI=1S/C15H16O2/c1-3-4-7-10-15(2,16)14-11-12-8-5-6-9-13(12)17-14/h3-9,11,16H,1,10H2,2H3/b7-4+/t15-/m1/s1. The van der Waals surface area contributed by atoms with Crippen LogP contribution in [0.2, 0.25) is 0 Å². The lowest BCUT2D eigenvalue weighted by Crippen LogP contribution is -2.18. The van der Waals surface area contributed by atoms with E-state index in [0.717, 1.165) is 11.0 Å². The molecule has 0 aliphatic carbocycles. The predicted octanol–water partition coefficient (Wildman–Crippen LogP) is 3.77. The molecule has 1 N–H and O–H groups in total. The second kappa shape index (κ2) is 4.60. The summed E-state index contributed by atoms with van der Waals surface area (Å²) >= 11 is 0. The molecule has 1 aromatic carbocycles. The molecule has 0 spiro atoms. The molecule has 0 saturated carbocycles. The molecular formula is C15H16O2. The first kappa shape index (κ1) is 11.7. The highest BCUT2D eigenvalue weighted by Crippen LogP contribution is 2.30. The van der Waals surface area contributed by atoms with Gasteiger partial charge in [0.25, 0.3) is 0 Å². The van der Waals surface area contributed by atoms with E-state index in [9.17, 15) is 5.11 Å². The Morgan fingerprint density at radius 1 is 1.41 bits per heavy atom. The summed E-state index contributed by atoms with van der Waals surface area (Å²) in [5.74, 6) is 0.590. The molecule has 1 atom stereocenters. The number of benzene rings is 1. The number of furan rings is 1. The van der Waals surface area contributed by atoms with Gasteiger partial charge >= 0.3 is 0 Å². The summed E-state index contributed by atoms with van der Waals surface area (Å²) < 4.78 is 5.65. The van der Waals surface area contributed by atoms with Gasteiger partial charge in [0, 0.05) is 11.8 Å². The number of rotatable bonds is 4. The monoisotopic (exact) mass is 228 g/mol. The maximum atomic E-state index is 10.3. The Morgan fingerprint density at radius 3 is 2.88 bits per heavy atom. The molecule has 2 heteroatoms. The first-order chi connectivity index (χ1) is 8.13. The van der Waals surface area contributed by atoms with Gasteiger partial charge in [0.2, 0.25) is 0 Å². The lowest BCUT2D eigenvalue weighted by atomic mass is 9.98. The van der Waals surface area contributed by atoms with Crippen molar-refractivity contribution < 1.29 is 9.52 Å². The summed E-state index contributed by atoms with van der Waals surface area (Å²) in [7, 11) is 0. The quantitative estimate of drug-likeness (QED) is 0.808. The Hall–Kier alpha value is -1.80. The summed E-state index contributed by atoms with van der Waals surface area (Å²) in [5, 5.41) is 11.3. The molecule has 0 radical (unpaired) electrons. The van der Waals surface area contributed by atoms with Crippen LogP contribution in [0.1, 0.15) is 19.1 Å². The van der Waals surface area contributed by atoms with Gasteiger partial charge < -0.3 is 9.52 Å². The van der Waals surface area contributed by atoms with Gasteiger partial charge in [-0.15, -0.1) is 0 Å². The molecule has 0 saturated heterocycles. The van der Waals surface area contributed by atoms with Gasteiger partial charge in [-0.3, -0.25) is 0 Å². The topological polar surface area (TPSA) is 33.4 Å². The first-order valence-corrected chi connectivity index (χ1v) is 5.62. The fourth-order valence-corrected chi connectivity index (χ4v) is 1.74. The number of aliphatic hydroxyl groups is 1. The number of allylic oxidation sites excluding steroid dienone is 2. The number of hydrogen-bond donors (Lipinski definition) is 1. The van der Waals surface area contributed by atoms with Crippen molar-refractivity contribution in [2.45, 2.75) is 18.9 Å². The molecule has 0 fully saturated rings. The number of fused-ring (bicyclic) bond motifs is 1. The second-order valence-corrected chi connectivity index (χ2v) is 4.29. The van der Waals surface area contributed by atoms with E-state index in [1.165, 1.54) is 0 Å². The fourth-order valence-electron chi connectivity index (χ4n) is 1.74. The summed E-state index contributed by atoms with van der Waals surface area (Å²) in [5.41, 5.74) is -0.186. The molecule has 2 aromatic rings. The highest BCUT2D eigenvalue weighted by atomic mass is 16.4. The molecular weight excluding hydrogens is 212 g/mol. The maximum Gasteiger partial charge on any atom is 0.136 e. The molecule has 1 heterocycles. The molecule has 88 valence electrons. The Morgan fingerprint density at radius 2 is 2.18 bits per heavy atom. The maximum absolute atomic E-state index is 10.3. The molecule has 0 aliphatic heterocycles. The van der Waals surface area contributed by atoms with Crippen molar-refractivity contribution in [1.82, 2.24) is 0 Å². The second-order valence-electron chi connectivity index (χ2n) is 4.29. The van der Waals surface area contributed by atoms with Crippen LogP contribution in [0.4, 0.5) is 0 Å². The summed E-state index contributed by atoms with van der Waals surface area (Å²) in [6.07, 6.45) is 5.88. The minimum absolute atomic E-state index is 0.499. The lowest BCUT2D eigenvalue weighted by Gasteiger charge is -2.18. The van der Waals surface area contributed by atoms with Crippen molar-refractivity contribution in [3.8, 4) is 0 Å². The van der Waals surface area contributed by atoms with Crippen LogP contribution in [0, 0.1) is 0 Å². The number of para-hydroxylation sites is 1. The Kier molecular flexibility index (Phi) is 3.16. The summed E-state index contributed by atoms with van der Waals surface area (Å²) in [6.45, 7) is 5.34. The lowest BCUT2D eigenvalue weighted by molar-refractivity contribution is 0.0388. The van der Waals surface area contributed by atoms with E-state index in [4.69, 9.17) is 4.42 Å². The molecule has 2 rings (SSSR count). The third-order valence-electron chi connectivity index (χ3n) is 2.74. The van der Waals surface area contributed by atoms with Crippen LogP contribution in [0.25, 0.3) is 11.0 Å². The third kappa shape index (κ3) is 2.48. The first-order valence-electron chi connectivity index (χ1n) is 5.62. The SMILES string of the molecule is C=C/C=C/C[C@@](C)(O)c1cc2ccccc2o1. The van der Waals surface area contributed by atoms with E-state index in [1.54, 1.807) is 13.0 Å². The van der Waals surface area contributed by atoms with Gasteiger partial charge in [0.05, 0.1) is 0 Å². The Labute approximate surface area is 101 Å². The van der Waals surface area contributed by atoms with Crippen LogP contribution in [0.3, 0.4) is 0 Å². The highest BCUT2D eigenvalue weighted by Gasteiger charge is 2.25. The largest absolute Gasteiger partial charge is 0.458 e. The zero-order valence-electron chi connectivity index (χ0n) is 9.89. The van der Waals surface area contributed by atoms with Crippen molar-refractivity contribution in [2.75, 3.05) is 0 Å². The number of hydrogen-bond acceptors (Lipinski definition) is 2. The summed E-state index contributed by atoms with van der Waals surface area (Å²) in [4.78, 5) is 0. The molecule has 1 aromatic heterocycles. The van der Waals surface area contributed by atoms with Crippen LogP contribution in [-0.2, 0) is 5.60 Å². The minimum atomic E-state index is -0.988. The predicted molar refractivity (Wildman–Crippen MR) is 69.7 cm³/mol. The van der Waals surface area contributed by atoms with E-state index in [2.05, 4.69) is 6.58 Å². The average Bonchev–Trinajstić information content (AvgIpc) is 2.73. The van der Waals surface area contributed by atoms with Crippen molar-refractivity contribution >= 4 is 11.0 Å². The Balaban J connectivity index is 2.31. The van der Waals surface area contributed by atoms with E-state index in [0.29, 0.717) is 12.2 Å². The smallest absolute Gasteiger partial charge is 0.136 e. The molecule has 17 heavy (non-hydrogen) atoms. The molecule has 0 bridgehead atoms. The van der Waals surface area contributed by atoms with E-state index >= 15 is 0 Å². The molecule has 0 unspecified atom stereocenters. The molecule has 2 nitrogen and oxygen atoms in total. The average molecular weight is 228 g/mol. The van der Waals surface area contributed by atoms with Gasteiger partial charge in [0.15, 0.2) is 0 Å². The molecule has 0 aliphatic rings. The van der Waals surface area contributed by atoms with Gasteiger partial charge in [-0.05, 0) is 19.1 Å². The van der Waals surface area contributed by atoms with Crippen LogP contribution in [-0.4, -0.2) is 5.11 Å². The third-order valence-corrected chi connectivity index (χ3v) is 2.74. The van der Waals surface area contributed by atoms with Crippen LogP contribution in [0.5, 0.6) is 0 Å². The van der Waals surface area contributed by atoms with E-state index in [-0.39, 0.29) is 0 Å². The van der Waals surface area contributed by atoms with Crippen molar-refractivity contribution in [3.63, 3.8) is 0 Å². The molecule has 0 amide bonds. The van der Waals surface area contributed by atoms with Crippen LogP contribution >= 0.6 is 0 Å². The van der Waals surface area contributed by atoms with Crippen molar-refractivity contribution in [3.05, 3.63) is 60.9 Å². The van der Waals surface area contributed by atoms with Crippen LogP contribution in [0.15, 0.2) is 59.6 Å². The van der Waals surface area contributed by atoms with Gasteiger partial charge in [0.1, 0.15) is 16.9 Å². The van der Waals surface area contributed by atoms with E-state index < -0.39 is 5.60 Å². The zero-order chi connectivity index (χ0) is 12.3. The van der Waals surface area contributed by atoms with E-state index in [1.807, 2.05) is 42.5 Å². The van der Waals surface area contributed by atoms with Crippen LogP contribution < -0.4 is 0 Å². The van der Waals surface area contributed by atoms with Gasteiger partial charge in [-0.2, -0.15) is 0 Å². The minimum Gasteiger partial charge on any atom is -0.458 e. The summed E-state index contributed by atoms with van der Waals surface area (Å²) in [6, 6.07) is 9.62. The van der Waals surface area contributed by atoms with Gasteiger partial charge in [-0.1, -0.05) is 43.0 Å². The van der Waals surface area contributed by atoms with Crippen molar-refractivity contribution in [2.24, 2.45) is 0 Å².